The summed E-state index contributed by atoms with van der Waals surface area (Å²) in [6.45, 7) is 0. The number of hydrogen-bond acceptors (Lipinski definition) is 3. The smallest absolute Gasteiger partial charge is 0.292 e. The van der Waals surface area contributed by atoms with Gasteiger partial charge in [0.1, 0.15) is 11.5 Å². The number of anilines is 1. The van der Waals surface area contributed by atoms with Crippen LogP contribution in [0.15, 0.2) is 28.7 Å². The SMILES string of the molecule is Nc1nc2c(o1)CCc1ccccc1-2. The van der Waals surface area contributed by atoms with Gasteiger partial charge in [0, 0.05) is 12.0 Å². The summed E-state index contributed by atoms with van der Waals surface area (Å²) in [5.74, 6) is 0.918. The Morgan fingerprint density at radius 2 is 2.07 bits per heavy atom. The van der Waals surface area contributed by atoms with E-state index < -0.39 is 0 Å². The van der Waals surface area contributed by atoms with Crippen LogP contribution in [0.1, 0.15) is 11.3 Å². The highest BCUT2D eigenvalue weighted by molar-refractivity contribution is 5.68. The number of aryl methyl sites for hydroxylation is 2. The molecule has 1 aromatic carbocycles. The van der Waals surface area contributed by atoms with E-state index in [1.807, 2.05) is 12.1 Å². The Balaban J connectivity index is 2.28. The molecule has 0 radical (unpaired) electrons. The topological polar surface area (TPSA) is 52.0 Å². The monoisotopic (exact) mass is 186 g/mol. The van der Waals surface area contributed by atoms with E-state index in [2.05, 4.69) is 17.1 Å². The zero-order chi connectivity index (χ0) is 9.54. The van der Waals surface area contributed by atoms with E-state index in [0.29, 0.717) is 0 Å². The number of hydrogen-bond donors (Lipinski definition) is 1. The van der Waals surface area contributed by atoms with E-state index in [9.17, 15) is 0 Å². The van der Waals surface area contributed by atoms with Gasteiger partial charge in [-0.25, -0.2) is 0 Å². The molecule has 3 rings (SSSR count). The van der Waals surface area contributed by atoms with Gasteiger partial charge in [0.2, 0.25) is 0 Å². The molecule has 1 heterocycles. The van der Waals surface area contributed by atoms with Crippen molar-refractivity contribution in [3.8, 4) is 11.3 Å². The molecule has 3 heteroatoms. The van der Waals surface area contributed by atoms with Gasteiger partial charge in [0.25, 0.3) is 6.01 Å². The highest BCUT2D eigenvalue weighted by atomic mass is 16.4. The minimum Gasteiger partial charge on any atom is -0.428 e. The van der Waals surface area contributed by atoms with Crippen LogP contribution in [0.25, 0.3) is 11.3 Å². The quantitative estimate of drug-likeness (QED) is 0.684. The van der Waals surface area contributed by atoms with Gasteiger partial charge in [0.15, 0.2) is 0 Å². The maximum Gasteiger partial charge on any atom is 0.292 e. The second-order valence-corrected chi connectivity index (χ2v) is 3.48. The Morgan fingerprint density at radius 1 is 1.21 bits per heavy atom. The number of benzene rings is 1. The van der Waals surface area contributed by atoms with Crippen molar-refractivity contribution in [3.63, 3.8) is 0 Å². The summed E-state index contributed by atoms with van der Waals surface area (Å²) in [5.41, 5.74) is 8.95. The first-order valence-corrected chi connectivity index (χ1v) is 4.68. The van der Waals surface area contributed by atoms with Crippen molar-refractivity contribution in [2.45, 2.75) is 12.8 Å². The van der Waals surface area contributed by atoms with Gasteiger partial charge >= 0.3 is 0 Å². The van der Waals surface area contributed by atoms with E-state index >= 15 is 0 Å². The molecule has 0 amide bonds. The molecule has 0 saturated heterocycles. The fraction of sp³-hybridized carbons (Fsp3) is 0.182. The highest BCUT2D eigenvalue weighted by Gasteiger charge is 2.20. The fourth-order valence-corrected chi connectivity index (χ4v) is 1.97. The largest absolute Gasteiger partial charge is 0.428 e. The third-order valence-electron chi connectivity index (χ3n) is 2.61. The van der Waals surface area contributed by atoms with Gasteiger partial charge in [0.05, 0.1) is 0 Å². The fourth-order valence-electron chi connectivity index (χ4n) is 1.97. The lowest BCUT2D eigenvalue weighted by atomic mass is 9.93. The number of nitrogen functional groups attached to an aromatic ring is 1. The zero-order valence-corrected chi connectivity index (χ0v) is 7.66. The second kappa shape index (κ2) is 2.61. The molecule has 14 heavy (non-hydrogen) atoms. The average Bonchev–Trinajstić information content (AvgIpc) is 2.59. The normalized spacial score (nSPS) is 13.4. The van der Waals surface area contributed by atoms with Crippen LogP contribution in [0.2, 0.25) is 0 Å². The summed E-state index contributed by atoms with van der Waals surface area (Å²) < 4.78 is 5.33. The Kier molecular flexibility index (Phi) is 1.42. The molecule has 2 aromatic rings. The Bertz CT molecular complexity index is 488. The summed E-state index contributed by atoms with van der Waals surface area (Å²) in [6, 6.07) is 8.52. The molecular formula is C11H10N2O. The van der Waals surface area contributed by atoms with Gasteiger partial charge in [-0.05, 0) is 12.0 Å². The van der Waals surface area contributed by atoms with Crippen molar-refractivity contribution in [2.75, 3.05) is 5.73 Å². The summed E-state index contributed by atoms with van der Waals surface area (Å²) in [4.78, 5) is 4.20. The molecule has 0 unspecified atom stereocenters. The summed E-state index contributed by atoms with van der Waals surface area (Å²) in [5, 5.41) is 0. The van der Waals surface area contributed by atoms with Crippen LogP contribution in [-0.2, 0) is 12.8 Å². The maximum absolute atomic E-state index is 5.54. The minimum absolute atomic E-state index is 0.270. The van der Waals surface area contributed by atoms with E-state index in [1.54, 1.807) is 0 Å². The van der Waals surface area contributed by atoms with E-state index in [1.165, 1.54) is 5.56 Å². The molecule has 0 atom stereocenters. The van der Waals surface area contributed by atoms with Gasteiger partial charge in [-0.1, -0.05) is 24.3 Å². The van der Waals surface area contributed by atoms with Crippen LogP contribution in [0.5, 0.6) is 0 Å². The van der Waals surface area contributed by atoms with Crippen LogP contribution in [0.4, 0.5) is 6.01 Å². The van der Waals surface area contributed by atoms with E-state index in [0.717, 1.165) is 29.9 Å². The summed E-state index contributed by atoms with van der Waals surface area (Å²) in [7, 11) is 0. The molecule has 3 nitrogen and oxygen atoms in total. The average molecular weight is 186 g/mol. The molecular weight excluding hydrogens is 176 g/mol. The number of nitrogens with zero attached hydrogens (tertiary/aromatic N) is 1. The van der Waals surface area contributed by atoms with Crippen LogP contribution in [-0.4, -0.2) is 4.98 Å². The van der Waals surface area contributed by atoms with Crippen molar-refractivity contribution in [2.24, 2.45) is 0 Å². The number of fused-ring (bicyclic) bond motifs is 3. The lowest BCUT2D eigenvalue weighted by Gasteiger charge is -2.12. The predicted octanol–water partition coefficient (Wildman–Crippen LogP) is 2.02. The summed E-state index contributed by atoms with van der Waals surface area (Å²) >= 11 is 0. The molecule has 0 aliphatic heterocycles. The number of oxazole rings is 1. The van der Waals surface area contributed by atoms with Crippen molar-refractivity contribution < 1.29 is 4.42 Å². The van der Waals surface area contributed by atoms with Crippen LogP contribution >= 0.6 is 0 Å². The van der Waals surface area contributed by atoms with Gasteiger partial charge in [-0.2, -0.15) is 4.98 Å². The Morgan fingerprint density at radius 3 is 3.00 bits per heavy atom. The summed E-state index contributed by atoms with van der Waals surface area (Å²) in [6.07, 6.45) is 1.91. The van der Waals surface area contributed by atoms with Crippen LogP contribution in [0.3, 0.4) is 0 Å². The maximum atomic E-state index is 5.54. The van der Waals surface area contributed by atoms with E-state index in [-0.39, 0.29) is 6.01 Å². The number of aromatic nitrogens is 1. The predicted molar refractivity (Wildman–Crippen MR) is 53.8 cm³/mol. The molecule has 1 aromatic heterocycles. The molecule has 0 bridgehead atoms. The minimum atomic E-state index is 0.270. The molecule has 0 fully saturated rings. The van der Waals surface area contributed by atoms with Crippen LogP contribution < -0.4 is 5.73 Å². The zero-order valence-electron chi connectivity index (χ0n) is 7.66. The molecule has 1 aliphatic carbocycles. The van der Waals surface area contributed by atoms with E-state index in [4.69, 9.17) is 10.2 Å². The van der Waals surface area contributed by atoms with Crippen molar-refractivity contribution in [1.82, 2.24) is 4.98 Å². The molecule has 2 N–H and O–H groups in total. The Hall–Kier alpha value is -1.77. The number of rotatable bonds is 0. The lowest BCUT2D eigenvalue weighted by molar-refractivity contribution is 0.520. The lowest BCUT2D eigenvalue weighted by Crippen LogP contribution is -2.01. The van der Waals surface area contributed by atoms with Gasteiger partial charge < -0.3 is 10.2 Å². The van der Waals surface area contributed by atoms with Gasteiger partial charge in [-0.15, -0.1) is 0 Å². The third-order valence-corrected chi connectivity index (χ3v) is 2.61. The molecule has 1 aliphatic rings. The molecule has 0 spiro atoms. The second-order valence-electron chi connectivity index (χ2n) is 3.48. The molecule has 0 saturated carbocycles. The molecule has 70 valence electrons. The van der Waals surface area contributed by atoms with Crippen molar-refractivity contribution >= 4 is 6.01 Å². The first kappa shape index (κ1) is 7.62. The van der Waals surface area contributed by atoms with Crippen LogP contribution in [0, 0.1) is 0 Å². The first-order chi connectivity index (χ1) is 6.84. The Labute approximate surface area is 81.6 Å². The van der Waals surface area contributed by atoms with Crippen molar-refractivity contribution in [3.05, 3.63) is 35.6 Å². The first-order valence-electron chi connectivity index (χ1n) is 4.68. The van der Waals surface area contributed by atoms with Gasteiger partial charge in [-0.3, -0.25) is 0 Å². The third kappa shape index (κ3) is 0.954. The number of nitrogens with two attached hydrogens (primary N) is 1. The highest BCUT2D eigenvalue weighted by Crippen LogP contribution is 2.33. The van der Waals surface area contributed by atoms with Crippen molar-refractivity contribution in [1.29, 1.82) is 0 Å². The standard InChI is InChI=1S/C11H10N2O/c12-11-13-10-8-4-2-1-3-7(8)5-6-9(10)14-11/h1-4H,5-6H2,(H2,12,13).